The van der Waals surface area contributed by atoms with E-state index in [1.54, 1.807) is 12.4 Å². The second-order valence-electron chi connectivity index (χ2n) is 6.24. The molecule has 2 aromatic carbocycles. The smallest absolute Gasteiger partial charge is 0.0820 e. The number of nitrogens with zero attached hydrogens (tertiary/aromatic N) is 3. The van der Waals surface area contributed by atoms with Crippen LogP contribution in [0.5, 0.6) is 0 Å². The molecule has 5 aromatic rings. The maximum Gasteiger partial charge on any atom is 0.0820 e. The van der Waals surface area contributed by atoms with E-state index in [9.17, 15) is 0 Å². The molecule has 3 aromatic heterocycles. The Morgan fingerprint density at radius 2 is 1.88 bits per heavy atom. The Bertz CT molecular complexity index is 1350. The van der Waals surface area contributed by atoms with Gasteiger partial charge in [0.15, 0.2) is 0 Å². The van der Waals surface area contributed by atoms with Gasteiger partial charge in [-0.15, -0.1) is 0 Å². The van der Waals surface area contributed by atoms with Gasteiger partial charge in [0, 0.05) is 26.6 Å². The third-order valence-corrected chi connectivity index (χ3v) is 4.77. The van der Waals surface area contributed by atoms with Gasteiger partial charge in [0.25, 0.3) is 0 Å². The third-order valence-electron chi connectivity index (χ3n) is 4.77. The first-order valence-corrected chi connectivity index (χ1v) is 8.20. The monoisotopic (exact) mass is 326 g/mol. The summed E-state index contributed by atoms with van der Waals surface area (Å²) in [5.41, 5.74) is 5.25. The molecule has 0 atom stereocenters. The van der Waals surface area contributed by atoms with Gasteiger partial charge in [-0.2, -0.15) is 5.10 Å². The normalized spacial score (nSPS) is 13.9. The second kappa shape index (κ2) is 5.15. The number of para-hydroxylation sites is 1. The Morgan fingerprint density at radius 1 is 1.00 bits per heavy atom. The Hall–Kier alpha value is -3.20. The summed E-state index contributed by atoms with van der Waals surface area (Å²) in [7, 11) is 0. The van der Waals surface area contributed by atoms with Gasteiger partial charge < -0.3 is 0 Å². The first-order chi connectivity index (χ1) is 13.5. The summed E-state index contributed by atoms with van der Waals surface area (Å²) >= 11 is 0. The van der Waals surface area contributed by atoms with E-state index in [0.717, 1.165) is 27.5 Å². The molecule has 0 saturated heterocycles. The zero-order valence-corrected chi connectivity index (χ0v) is 13.7. The molecule has 25 heavy (non-hydrogen) atoms. The Balaban J connectivity index is 2.08. The second-order valence-corrected chi connectivity index (χ2v) is 6.24. The van der Waals surface area contributed by atoms with Crippen LogP contribution in [-0.2, 0) is 0 Å². The van der Waals surface area contributed by atoms with Gasteiger partial charge in [0.2, 0.25) is 0 Å². The van der Waals surface area contributed by atoms with Gasteiger partial charge in [-0.3, -0.25) is 4.98 Å². The summed E-state index contributed by atoms with van der Waals surface area (Å²) in [5, 5.41) is 6.02. The first-order valence-electron chi connectivity index (χ1n) is 9.70. The molecular formula is C22H17N3. The number of pyridine rings is 2. The number of rotatable bonds is 1. The van der Waals surface area contributed by atoms with Crippen LogP contribution in [0, 0.1) is 13.8 Å². The SMILES string of the molecule is [2H]C([2H])([2H])c1c(-c2ccccc2)cnc2c3cccc(C)c3n3nccc3c12. The van der Waals surface area contributed by atoms with Gasteiger partial charge in [0.1, 0.15) is 0 Å². The maximum absolute atomic E-state index is 8.30. The van der Waals surface area contributed by atoms with E-state index in [4.69, 9.17) is 9.10 Å². The molecule has 0 aliphatic rings. The molecule has 3 nitrogen and oxygen atoms in total. The quantitative estimate of drug-likeness (QED) is 0.390. The van der Waals surface area contributed by atoms with Crippen LogP contribution in [0.1, 0.15) is 15.2 Å². The van der Waals surface area contributed by atoms with Crippen molar-refractivity contribution in [2.45, 2.75) is 13.8 Å². The number of aryl methyl sites for hydroxylation is 2. The minimum absolute atomic E-state index is 0.317. The summed E-state index contributed by atoms with van der Waals surface area (Å²) in [6.45, 7) is -0.271. The number of aromatic nitrogens is 3. The zero-order chi connectivity index (χ0) is 19.5. The van der Waals surface area contributed by atoms with Gasteiger partial charge >= 0.3 is 0 Å². The average Bonchev–Trinajstić information content (AvgIpc) is 3.17. The highest BCUT2D eigenvalue weighted by molar-refractivity contribution is 6.13. The standard InChI is InChI=1S/C22H17N3/c1-14-7-6-10-17-21-20(19-11-12-24-25(19)22(14)17)15(2)18(13-23-21)16-8-4-3-5-9-16/h3-13H,1-2H3/i2D3. The topological polar surface area (TPSA) is 30.2 Å². The molecule has 120 valence electrons. The van der Waals surface area contributed by atoms with Crippen molar-refractivity contribution in [2.24, 2.45) is 0 Å². The van der Waals surface area contributed by atoms with Crippen molar-refractivity contribution in [3.63, 3.8) is 0 Å². The van der Waals surface area contributed by atoms with E-state index in [0.29, 0.717) is 22.0 Å². The zero-order valence-electron chi connectivity index (χ0n) is 16.7. The fraction of sp³-hybridized carbons (Fsp3) is 0.0909. The fourth-order valence-electron chi connectivity index (χ4n) is 3.60. The maximum atomic E-state index is 8.30. The van der Waals surface area contributed by atoms with Gasteiger partial charge in [-0.1, -0.05) is 48.5 Å². The lowest BCUT2D eigenvalue weighted by Crippen LogP contribution is -1.98. The van der Waals surface area contributed by atoms with Crippen LogP contribution in [0.2, 0.25) is 0 Å². The van der Waals surface area contributed by atoms with E-state index in [1.807, 2.05) is 66.0 Å². The lowest BCUT2D eigenvalue weighted by Gasteiger charge is -2.14. The van der Waals surface area contributed by atoms with Crippen LogP contribution < -0.4 is 0 Å². The van der Waals surface area contributed by atoms with Crippen LogP contribution in [-0.4, -0.2) is 14.6 Å². The molecule has 0 aliphatic carbocycles. The number of fused-ring (bicyclic) bond motifs is 6. The molecule has 5 rings (SSSR count). The van der Waals surface area contributed by atoms with Crippen molar-refractivity contribution in [1.29, 1.82) is 0 Å². The minimum Gasteiger partial charge on any atom is -0.255 e. The van der Waals surface area contributed by atoms with Crippen LogP contribution >= 0.6 is 0 Å². The van der Waals surface area contributed by atoms with Crippen LogP contribution in [0.3, 0.4) is 0 Å². The van der Waals surface area contributed by atoms with Crippen LogP contribution in [0.4, 0.5) is 0 Å². The van der Waals surface area contributed by atoms with E-state index in [2.05, 4.69) is 5.10 Å². The van der Waals surface area contributed by atoms with Gasteiger partial charge in [-0.05, 0) is 36.5 Å². The highest BCUT2D eigenvalue weighted by atomic mass is 15.2. The minimum atomic E-state index is -2.30. The first kappa shape index (κ1) is 11.4. The molecule has 0 fully saturated rings. The summed E-state index contributed by atoms with van der Waals surface area (Å²) in [5.74, 6) is 0. The highest BCUT2D eigenvalue weighted by Crippen LogP contribution is 2.35. The number of hydrogen-bond acceptors (Lipinski definition) is 2. The number of hydrogen-bond donors (Lipinski definition) is 0. The van der Waals surface area contributed by atoms with E-state index < -0.39 is 6.85 Å². The molecule has 0 N–H and O–H groups in total. The van der Waals surface area contributed by atoms with Crippen molar-refractivity contribution >= 4 is 27.3 Å². The summed E-state index contributed by atoms with van der Waals surface area (Å²) in [4.78, 5) is 4.74. The summed E-state index contributed by atoms with van der Waals surface area (Å²) in [6.07, 6.45) is 3.40. The molecule has 0 radical (unpaired) electrons. The molecule has 0 saturated carbocycles. The van der Waals surface area contributed by atoms with E-state index in [1.165, 1.54) is 0 Å². The molecule has 0 aliphatic heterocycles. The molecule has 3 heteroatoms. The van der Waals surface area contributed by atoms with Gasteiger partial charge in [-0.25, -0.2) is 4.52 Å². The van der Waals surface area contributed by atoms with Crippen molar-refractivity contribution in [2.75, 3.05) is 0 Å². The molecule has 0 bridgehead atoms. The van der Waals surface area contributed by atoms with Crippen molar-refractivity contribution in [3.8, 4) is 11.1 Å². The molecule has 0 unspecified atom stereocenters. The van der Waals surface area contributed by atoms with E-state index >= 15 is 0 Å². The average molecular weight is 326 g/mol. The lowest BCUT2D eigenvalue weighted by molar-refractivity contribution is 1.00. The third kappa shape index (κ3) is 1.92. The van der Waals surface area contributed by atoms with Crippen molar-refractivity contribution in [1.82, 2.24) is 14.6 Å². The number of benzene rings is 2. The largest absolute Gasteiger partial charge is 0.255 e. The molecule has 3 heterocycles. The van der Waals surface area contributed by atoms with Gasteiger partial charge in [0.05, 0.1) is 22.7 Å². The van der Waals surface area contributed by atoms with E-state index in [-0.39, 0.29) is 0 Å². The van der Waals surface area contributed by atoms with Crippen LogP contribution in [0.25, 0.3) is 38.4 Å². The van der Waals surface area contributed by atoms with Crippen LogP contribution in [0.15, 0.2) is 67.0 Å². The predicted molar refractivity (Wildman–Crippen MR) is 103 cm³/mol. The van der Waals surface area contributed by atoms with Crippen molar-refractivity contribution in [3.05, 3.63) is 78.1 Å². The Kier molecular flexibility index (Phi) is 2.34. The molecular weight excluding hydrogens is 306 g/mol. The summed E-state index contributed by atoms with van der Waals surface area (Å²) < 4.78 is 26.7. The highest BCUT2D eigenvalue weighted by Gasteiger charge is 2.15. The molecule has 0 amide bonds. The lowest BCUT2D eigenvalue weighted by atomic mass is 9.97. The summed E-state index contributed by atoms with van der Waals surface area (Å²) in [6, 6.07) is 17.4. The Morgan fingerprint density at radius 3 is 2.72 bits per heavy atom. The Labute approximate surface area is 149 Å². The predicted octanol–water partition coefficient (Wildman–Crippen LogP) is 5.32. The van der Waals surface area contributed by atoms with Crippen molar-refractivity contribution < 1.29 is 4.11 Å². The molecule has 0 spiro atoms. The fourth-order valence-corrected chi connectivity index (χ4v) is 3.60.